The Labute approximate surface area is 115 Å². The maximum atomic E-state index is 11.4. The number of likely N-dealkylation sites (N-methyl/N-ethyl adjacent to an activating group) is 1. The molecule has 19 heavy (non-hydrogen) atoms. The first-order valence-electron chi connectivity index (χ1n) is 7.04. The Hall–Kier alpha value is -1.39. The lowest BCUT2D eigenvalue weighted by molar-refractivity contribution is 0.0998. The topological polar surface area (TPSA) is 58.4 Å². The van der Waals surface area contributed by atoms with Gasteiger partial charge in [-0.3, -0.25) is 9.69 Å². The molecule has 3 N–H and O–H groups in total. The smallest absolute Gasteiger partial charge is 0.249 e. The molecule has 1 aromatic rings. The van der Waals surface area contributed by atoms with Crippen LogP contribution in [0.15, 0.2) is 24.3 Å². The number of primary amides is 1. The molecule has 4 heteroatoms. The molecule has 1 aromatic carbocycles. The second-order valence-corrected chi connectivity index (χ2v) is 5.14. The molecule has 1 saturated heterocycles. The summed E-state index contributed by atoms with van der Waals surface area (Å²) in [5, 5.41) is 3.51. The Kier molecular flexibility index (Phi) is 4.93. The molecule has 0 saturated carbocycles. The Morgan fingerprint density at radius 3 is 2.89 bits per heavy atom. The van der Waals surface area contributed by atoms with Crippen LogP contribution >= 0.6 is 0 Å². The highest BCUT2D eigenvalue weighted by Gasteiger charge is 2.18. The number of benzene rings is 1. The third-order valence-corrected chi connectivity index (χ3v) is 3.76. The highest BCUT2D eigenvalue weighted by atomic mass is 16.1. The van der Waals surface area contributed by atoms with Crippen LogP contribution in [0.3, 0.4) is 0 Å². The summed E-state index contributed by atoms with van der Waals surface area (Å²) in [5.74, 6) is -0.342. The second-order valence-electron chi connectivity index (χ2n) is 5.14. The first-order chi connectivity index (χ1) is 9.20. The summed E-state index contributed by atoms with van der Waals surface area (Å²) in [6.45, 7) is 6.07. The first kappa shape index (κ1) is 14.0. The van der Waals surface area contributed by atoms with Crippen LogP contribution in [-0.4, -0.2) is 36.5 Å². The van der Waals surface area contributed by atoms with E-state index < -0.39 is 0 Å². The second kappa shape index (κ2) is 6.68. The van der Waals surface area contributed by atoms with Crippen LogP contribution in [-0.2, 0) is 6.54 Å². The monoisotopic (exact) mass is 261 g/mol. The van der Waals surface area contributed by atoms with Crippen molar-refractivity contribution < 1.29 is 4.79 Å². The molecule has 1 unspecified atom stereocenters. The van der Waals surface area contributed by atoms with Crippen LogP contribution in [0.2, 0.25) is 0 Å². The van der Waals surface area contributed by atoms with Crippen LogP contribution in [0.25, 0.3) is 0 Å². The molecule has 1 aliphatic rings. The molecule has 0 aromatic heterocycles. The molecule has 1 aliphatic heterocycles. The summed E-state index contributed by atoms with van der Waals surface area (Å²) >= 11 is 0. The van der Waals surface area contributed by atoms with Gasteiger partial charge in [-0.2, -0.15) is 0 Å². The van der Waals surface area contributed by atoms with Gasteiger partial charge in [-0.1, -0.05) is 25.1 Å². The standard InChI is InChI=1S/C15H23N3O/c1-2-18(11-13-7-5-9-17-13)10-12-6-3-4-8-14(12)15(16)19/h3-4,6,8,13,17H,2,5,7,9-11H2,1H3,(H2,16,19). The van der Waals surface area contributed by atoms with Gasteiger partial charge in [0.05, 0.1) is 0 Å². The van der Waals surface area contributed by atoms with E-state index in [9.17, 15) is 4.79 Å². The number of nitrogens with two attached hydrogens (primary N) is 1. The van der Waals surface area contributed by atoms with Gasteiger partial charge in [0.25, 0.3) is 0 Å². The molecule has 1 heterocycles. The van der Waals surface area contributed by atoms with Crippen molar-refractivity contribution in [1.29, 1.82) is 0 Å². The van der Waals surface area contributed by atoms with Gasteiger partial charge in [0, 0.05) is 24.7 Å². The predicted octanol–water partition coefficient (Wildman–Crippen LogP) is 1.36. The Bertz CT molecular complexity index is 427. The van der Waals surface area contributed by atoms with Gasteiger partial charge in [-0.05, 0) is 37.6 Å². The van der Waals surface area contributed by atoms with Crippen molar-refractivity contribution in [1.82, 2.24) is 10.2 Å². The van der Waals surface area contributed by atoms with Gasteiger partial charge in [-0.25, -0.2) is 0 Å². The SMILES string of the molecule is CCN(Cc1ccccc1C(N)=O)CC1CCCN1. The number of nitrogens with one attached hydrogen (secondary N) is 1. The normalized spacial score (nSPS) is 18.9. The summed E-state index contributed by atoms with van der Waals surface area (Å²) in [6, 6.07) is 8.20. The molecule has 1 atom stereocenters. The first-order valence-corrected chi connectivity index (χ1v) is 7.04. The Morgan fingerprint density at radius 1 is 1.47 bits per heavy atom. The van der Waals surface area contributed by atoms with Crippen molar-refractivity contribution in [3.8, 4) is 0 Å². The number of hydrogen-bond acceptors (Lipinski definition) is 3. The third kappa shape index (κ3) is 3.78. The zero-order valence-corrected chi connectivity index (χ0v) is 11.6. The minimum atomic E-state index is -0.342. The Morgan fingerprint density at radius 2 is 2.26 bits per heavy atom. The fourth-order valence-corrected chi connectivity index (χ4v) is 2.67. The van der Waals surface area contributed by atoms with Gasteiger partial charge in [0.15, 0.2) is 0 Å². The molecule has 1 amide bonds. The third-order valence-electron chi connectivity index (χ3n) is 3.76. The summed E-state index contributed by atoms with van der Waals surface area (Å²) in [5.41, 5.74) is 7.09. The molecule has 0 spiro atoms. The number of carbonyl (C=O) groups excluding carboxylic acids is 1. The number of amides is 1. The lowest BCUT2D eigenvalue weighted by atomic mass is 10.1. The Balaban J connectivity index is 2.03. The maximum Gasteiger partial charge on any atom is 0.249 e. The van der Waals surface area contributed by atoms with E-state index in [2.05, 4.69) is 17.1 Å². The van der Waals surface area contributed by atoms with Gasteiger partial charge in [0.1, 0.15) is 0 Å². The van der Waals surface area contributed by atoms with Crippen molar-refractivity contribution in [3.05, 3.63) is 35.4 Å². The minimum absolute atomic E-state index is 0.342. The summed E-state index contributed by atoms with van der Waals surface area (Å²) in [6.07, 6.45) is 2.51. The molecule has 0 bridgehead atoms. The van der Waals surface area contributed by atoms with E-state index in [-0.39, 0.29) is 5.91 Å². The lowest BCUT2D eigenvalue weighted by Crippen LogP contribution is -2.37. The van der Waals surface area contributed by atoms with Crippen molar-refractivity contribution in [2.75, 3.05) is 19.6 Å². The highest BCUT2D eigenvalue weighted by molar-refractivity contribution is 5.94. The van der Waals surface area contributed by atoms with Gasteiger partial charge in [0.2, 0.25) is 5.91 Å². The quantitative estimate of drug-likeness (QED) is 0.813. The fourth-order valence-electron chi connectivity index (χ4n) is 2.67. The lowest BCUT2D eigenvalue weighted by Gasteiger charge is -2.25. The molecule has 104 valence electrons. The molecule has 0 aliphatic carbocycles. The van der Waals surface area contributed by atoms with Crippen LogP contribution in [0, 0.1) is 0 Å². The molecule has 1 fully saturated rings. The van der Waals surface area contributed by atoms with E-state index in [0.717, 1.165) is 31.7 Å². The van der Waals surface area contributed by atoms with E-state index in [1.807, 2.05) is 18.2 Å². The molecule has 4 nitrogen and oxygen atoms in total. The fraction of sp³-hybridized carbons (Fsp3) is 0.533. The van der Waals surface area contributed by atoms with Crippen molar-refractivity contribution in [3.63, 3.8) is 0 Å². The maximum absolute atomic E-state index is 11.4. The van der Waals surface area contributed by atoms with E-state index >= 15 is 0 Å². The van der Waals surface area contributed by atoms with E-state index in [1.54, 1.807) is 6.07 Å². The van der Waals surface area contributed by atoms with Crippen LogP contribution in [0.5, 0.6) is 0 Å². The number of nitrogens with zero attached hydrogens (tertiary/aromatic N) is 1. The number of carbonyl (C=O) groups is 1. The molecule has 2 rings (SSSR count). The minimum Gasteiger partial charge on any atom is -0.366 e. The van der Waals surface area contributed by atoms with Crippen LogP contribution in [0.4, 0.5) is 0 Å². The zero-order valence-electron chi connectivity index (χ0n) is 11.6. The van der Waals surface area contributed by atoms with Gasteiger partial charge < -0.3 is 11.1 Å². The molecular formula is C15H23N3O. The largest absolute Gasteiger partial charge is 0.366 e. The van der Waals surface area contributed by atoms with Crippen molar-refractivity contribution in [2.24, 2.45) is 5.73 Å². The highest BCUT2D eigenvalue weighted by Crippen LogP contribution is 2.13. The molecule has 0 radical (unpaired) electrons. The zero-order chi connectivity index (χ0) is 13.7. The van der Waals surface area contributed by atoms with Crippen molar-refractivity contribution >= 4 is 5.91 Å². The van der Waals surface area contributed by atoms with Gasteiger partial charge in [-0.15, -0.1) is 0 Å². The van der Waals surface area contributed by atoms with Gasteiger partial charge >= 0.3 is 0 Å². The molecular weight excluding hydrogens is 238 g/mol. The van der Waals surface area contributed by atoms with Crippen LogP contribution in [0.1, 0.15) is 35.7 Å². The van der Waals surface area contributed by atoms with E-state index in [0.29, 0.717) is 11.6 Å². The number of rotatable bonds is 6. The summed E-state index contributed by atoms with van der Waals surface area (Å²) < 4.78 is 0. The number of hydrogen-bond donors (Lipinski definition) is 2. The van der Waals surface area contributed by atoms with Crippen LogP contribution < -0.4 is 11.1 Å². The average molecular weight is 261 g/mol. The predicted molar refractivity (Wildman–Crippen MR) is 76.9 cm³/mol. The average Bonchev–Trinajstić information content (AvgIpc) is 2.91. The summed E-state index contributed by atoms with van der Waals surface area (Å²) in [7, 11) is 0. The van der Waals surface area contributed by atoms with E-state index in [4.69, 9.17) is 5.73 Å². The summed E-state index contributed by atoms with van der Waals surface area (Å²) in [4.78, 5) is 13.8. The van der Waals surface area contributed by atoms with E-state index in [1.165, 1.54) is 12.8 Å². The van der Waals surface area contributed by atoms with Crippen molar-refractivity contribution in [2.45, 2.75) is 32.4 Å².